The second-order valence-electron chi connectivity index (χ2n) is 10.3. The molecule has 1 saturated heterocycles. The largest absolute Gasteiger partial charge is 0.484 e. The Labute approximate surface area is 245 Å². The van der Waals surface area contributed by atoms with Gasteiger partial charge in [-0.1, -0.05) is 0 Å². The van der Waals surface area contributed by atoms with E-state index in [0.29, 0.717) is 13.8 Å². The molecule has 3 heterocycles. The highest BCUT2D eigenvalue weighted by atomic mass is 32.2. The van der Waals surface area contributed by atoms with E-state index in [-0.39, 0.29) is 67.0 Å². The van der Waals surface area contributed by atoms with E-state index in [2.05, 4.69) is 10.4 Å². The standard InChI is InChI=1S/C25H32F3N5O9S/c1-4-31-12-20(22(30-31)41-8-7-34)43(38,39)32-11-17(10-29-21(35)15-13-40-14-15)42-19-6-5-16(9-18(19)32)33(23(36)37)24(2,3)25(26,27)28/h5-6,9,12,15,17,34H,4,7-8,10-11,13-14H2,1-3H3,(H,29,35)(H,36,37)/t17-/m0/s1. The topological polar surface area (TPSA) is 173 Å². The molecule has 1 atom stereocenters. The van der Waals surface area contributed by atoms with Gasteiger partial charge in [0.25, 0.3) is 15.9 Å². The van der Waals surface area contributed by atoms with Gasteiger partial charge in [0.05, 0.1) is 50.2 Å². The number of aryl methyl sites for hydroxylation is 1. The van der Waals surface area contributed by atoms with Crippen LogP contribution >= 0.6 is 0 Å². The van der Waals surface area contributed by atoms with Gasteiger partial charge in [0.1, 0.15) is 24.0 Å². The fourth-order valence-electron chi connectivity index (χ4n) is 4.40. The highest BCUT2D eigenvalue weighted by Crippen LogP contribution is 2.44. The van der Waals surface area contributed by atoms with Crippen LogP contribution in [0.5, 0.6) is 11.6 Å². The Morgan fingerprint density at radius 1 is 1.26 bits per heavy atom. The SMILES string of the molecule is CCn1cc(S(=O)(=O)N2C[C@H](CNC(=O)C3COC3)Oc3ccc(N(C(=O)O)C(C)(C)C(F)(F)F)cc32)c(OCCO)n1. The second kappa shape index (κ2) is 12.1. The number of carboxylic acid groups (broad SMARTS) is 1. The lowest BCUT2D eigenvalue weighted by molar-refractivity contribution is -0.175. The molecule has 2 aliphatic heterocycles. The average Bonchev–Trinajstić information content (AvgIpc) is 3.32. The number of carbonyl (C=O) groups excluding carboxylic acids is 1. The van der Waals surface area contributed by atoms with E-state index in [0.717, 1.165) is 16.4 Å². The molecule has 18 heteroatoms. The maximum Gasteiger partial charge on any atom is 0.412 e. The molecule has 0 aliphatic carbocycles. The number of nitrogens with one attached hydrogen (secondary N) is 1. The summed E-state index contributed by atoms with van der Waals surface area (Å²) in [5.74, 6) is -1.08. The summed E-state index contributed by atoms with van der Waals surface area (Å²) in [6.07, 6.45) is -6.64. The first-order chi connectivity index (χ1) is 20.1. The monoisotopic (exact) mass is 635 g/mol. The van der Waals surface area contributed by atoms with Crippen LogP contribution in [0, 0.1) is 5.92 Å². The summed E-state index contributed by atoms with van der Waals surface area (Å²) in [4.78, 5) is 24.2. The number of fused-ring (bicyclic) bond motifs is 1. The molecule has 2 aliphatic rings. The van der Waals surface area contributed by atoms with E-state index in [1.165, 1.54) is 16.9 Å². The van der Waals surface area contributed by atoms with Gasteiger partial charge in [-0.2, -0.15) is 13.2 Å². The second-order valence-corrected chi connectivity index (χ2v) is 12.1. The Morgan fingerprint density at radius 2 is 1.95 bits per heavy atom. The zero-order valence-corrected chi connectivity index (χ0v) is 24.3. The van der Waals surface area contributed by atoms with Gasteiger partial charge in [0, 0.05) is 12.7 Å². The van der Waals surface area contributed by atoms with Crippen molar-refractivity contribution >= 4 is 33.4 Å². The molecule has 0 radical (unpaired) electrons. The number of benzene rings is 1. The van der Waals surface area contributed by atoms with Gasteiger partial charge >= 0.3 is 12.3 Å². The van der Waals surface area contributed by atoms with Gasteiger partial charge < -0.3 is 29.7 Å². The van der Waals surface area contributed by atoms with Crippen LogP contribution in [0.2, 0.25) is 0 Å². The first-order valence-electron chi connectivity index (χ1n) is 13.2. The molecule has 2 aromatic rings. The molecule has 0 bridgehead atoms. The summed E-state index contributed by atoms with van der Waals surface area (Å²) in [7, 11) is -4.59. The van der Waals surface area contributed by atoms with Crippen LogP contribution in [0.3, 0.4) is 0 Å². The van der Waals surface area contributed by atoms with Crippen molar-refractivity contribution in [1.82, 2.24) is 15.1 Å². The maximum absolute atomic E-state index is 14.1. The minimum Gasteiger partial charge on any atom is -0.484 e. The smallest absolute Gasteiger partial charge is 0.412 e. The molecule has 2 amide bonds. The average molecular weight is 636 g/mol. The minimum atomic E-state index is -4.98. The summed E-state index contributed by atoms with van der Waals surface area (Å²) in [6, 6.07) is 3.22. The van der Waals surface area contributed by atoms with E-state index >= 15 is 0 Å². The zero-order valence-electron chi connectivity index (χ0n) is 23.5. The predicted molar refractivity (Wildman–Crippen MR) is 144 cm³/mol. The van der Waals surface area contributed by atoms with Crippen molar-refractivity contribution in [1.29, 1.82) is 0 Å². The third-order valence-corrected chi connectivity index (χ3v) is 8.77. The Kier molecular flexibility index (Phi) is 9.03. The van der Waals surface area contributed by atoms with Gasteiger partial charge in [0.2, 0.25) is 5.91 Å². The molecule has 43 heavy (non-hydrogen) atoms. The lowest BCUT2D eigenvalue weighted by atomic mass is 10.0. The van der Waals surface area contributed by atoms with E-state index < -0.39 is 57.7 Å². The first-order valence-corrected chi connectivity index (χ1v) is 14.7. The van der Waals surface area contributed by atoms with Crippen LogP contribution in [-0.4, -0.2) is 97.7 Å². The van der Waals surface area contributed by atoms with Gasteiger partial charge in [-0.15, -0.1) is 5.10 Å². The van der Waals surface area contributed by atoms with Crippen molar-refractivity contribution < 1.29 is 55.6 Å². The molecule has 1 aromatic carbocycles. The summed E-state index contributed by atoms with van der Waals surface area (Å²) in [5, 5.41) is 25.8. The number of nitrogens with zero attached hydrogens (tertiary/aromatic N) is 4. The molecule has 14 nitrogen and oxygen atoms in total. The van der Waals surface area contributed by atoms with Crippen LogP contribution < -0.4 is 24.0 Å². The number of amides is 2. The van der Waals surface area contributed by atoms with E-state index in [1.807, 2.05) is 0 Å². The molecule has 0 unspecified atom stereocenters. The zero-order chi connectivity index (χ0) is 31.7. The molecular formula is C25H32F3N5O9S. The Balaban J connectivity index is 1.79. The number of halogens is 3. The Morgan fingerprint density at radius 3 is 2.51 bits per heavy atom. The lowest BCUT2D eigenvalue weighted by Gasteiger charge is -2.39. The number of aromatic nitrogens is 2. The summed E-state index contributed by atoms with van der Waals surface area (Å²) >= 11 is 0. The predicted octanol–water partition coefficient (Wildman–Crippen LogP) is 1.82. The number of anilines is 2. The third-order valence-electron chi connectivity index (χ3n) is 7.01. The van der Waals surface area contributed by atoms with Crippen LogP contribution in [0.1, 0.15) is 20.8 Å². The van der Waals surface area contributed by atoms with Crippen LogP contribution in [0.25, 0.3) is 0 Å². The molecule has 4 rings (SSSR count). The number of aliphatic hydroxyl groups excluding tert-OH is 1. The highest BCUT2D eigenvalue weighted by molar-refractivity contribution is 7.93. The number of rotatable bonds is 11. The van der Waals surface area contributed by atoms with Crippen LogP contribution in [0.4, 0.5) is 29.3 Å². The highest BCUT2D eigenvalue weighted by Gasteiger charge is 2.54. The van der Waals surface area contributed by atoms with E-state index in [4.69, 9.17) is 14.2 Å². The summed E-state index contributed by atoms with van der Waals surface area (Å²) < 4.78 is 88.4. The van der Waals surface area contributed by atoms with Gasteiger partial charge in [0.15, 0.2) is 4.90 Å². The van der Waals surface area contributed by atoms with Crippen molar-refractivity contribution in [3.05, 3.63) is 24.4 Å². The van der Waals surface area contributed by atoms with Gasteiger partial charge in [-0.05, 0) is 39.0 Å². The minimum absolute atomic E-state index is 0.0827. The molecule has 3 N–H and O–H groups in total. The number of hydrogen-bond donors (Lipinski definition) is 3. The van der Waals surface area contributed by atoms with E-state index in [1.54, 1.807) is 6.92 Å². The summed E-state index contributed by atoms with van der Waals surface area (Å²) in [6.45, 7) is 2.58. The van der Waals surface area contributed by atoms with Crippen molar-refractivity contribution in [3.63, 3.8) is 0 Å². The Bertz CT molecular complexity index is 1460. The quantitative estimate of drug-likeness (QED) is 0.331. The summed E-state index contributed by atoms with van der Waals surface area (Å²) in [5.41, 5.74) is -3.60. The molecular weight excluding hydrogens is 603 g/mol. The van der Waals surface area contributed by atoms with Crippen molar-refractivity contribution in [3.8, 4) is 11.6 Å². The van der Waals surface area contributed by atoms with Crippen molar-refractivity contribution in [2.75, 3.05) is 48.7 Å². The number of sulfonamides is 1. The van der Waals surface area contributed by atoms with Crippen molar-refractivity contribution in [2.45, 2.75) is 50.0 Å². The number of aliphatic hydroxyl groups is 1. The molecule has 1 fully saturated rings. The molecule has 0 saturated carbocycles. The first kappa shape index (κ1) is 32.2. The fourth-order valence-corrected chi connectivity index (χ4v) is 5.98. The fraction of sp³-hybridized carbons (Fsp3) is 0.560. The normalized spacial score (nSPS) is 17.5. The van der Waals surface area contributed by atoms with Crippen molar-refractivity contribution in [2.24, 2.45) is 5.92 Å². The van der Waals surface area contributed by atoms with Gasteiger partial charge in [-0.3, -0.25) is 18.7 Å². The molecule has 238 valence electrons. The van der Waals surface area contributed by atoms with Gasteiger partial charge in [-0.25, -0.2) is 13.2 Å². The van der Waals surface area contributed by atoms with E-state index in [9.17, 15) is 41.4 Å². The lowest BCUT2D eigenvalue weighted by Crippen LogP contribution is -2.57. The Hall–Kier alpha value is -3.77. The van der Waals surface area contributed by atoms with Crippen LogP contribution in [0.15, 0.2) is 29.3 Å². The third kappa shape index (κ3) is 6.30. The maximum atomic E-state index is 14.1. The number of carbonyl (C=O) groups is 2. The number of alkyl halides is 3. The number of hydrogen-bond acceptors (Lipinski definition) is 9. The molecule has 1 aromatic heterocycles. The van der Waals surface area contributed by atoms with Crippen LogP contribution in [-0.2, 0) is 26.1 Å². The number of ether oxygens (including phenoxy) is 3. The molecule has 0 spiro atoms.